The normalized spacial score (nSPS) is 17.2. The van der Waals surface area contributed by atoms with Crippen LogP contribution in [0.5, 0.6) is 5.75 Å². The lowest BCUT2D eigenvalue weighted by Gasteiger charge is -2.34. The Labute approximate surface area is 141 Å². The maximum absolute atomic E-state index is 12.7. The van der Waals surface area contributed by atoms with Gasteiger partial charge in [0.2, 0.25) is 0 Å². The van der Waals surface area contributed by atoms with Gasteiger partial charge in [-0.1, -0.05) is 6.07 Å². The Hall–Kier alpha value is -1.31. The van der Waals surface area contributed by atoms with Gasteiger partial charge in [-0.25, -0.2) is 0 Å². The van der Waals surface area contributed by atoms with Gasteiger partial charge in [0.1, 0.15) is 12.4 Å². The Balaban J connectivity index is 1.67. The lowest BCUT2D eigenvalue weighted by molar-refractivity contribution is -0.137. The second kappa shape index (κ2) is 9.25. The molecule has 0 aliphatic carbocycles. The van der Waals surface area contributed by atoms with Crippen LogP contribution in [0.15, 0.2) is 24.3 Å². The van der Waals surface area contributed by atoms with E-state index in [1.54, 1.807) is 6.07 Å². The summed E-state index contributed by atoms with van der Waals surface area (Å²) in [5.74, 6) is 0.264. The van der Waals surface area contributed by atoms with Gasteiger partial charge < -0.3 is 9.47 Å². The van der Waals surface area contributed by atoms with Gasteiger partial charge in [-0.05, 0) is 25.1 Å². The average molecular weight is 346 g/mol. The first-order valence-corrected chi connectivity index (χ1v) is 8.31. The van der Waals surface area contributed by atoms with E-state index in [2.05, 4.69) is 9.80 Å². The maximum atomic E-state index is 12.7. The zero-order valence-corrected chi connectivity index (χ0v) is 14.0. The van der Waals surface area contributed by atoms with Crippen molar-refractivity contribution in [3.63, 3.8) is 0 Å². The van der Waals surface area contributed by atoms with Gasteiger partial charge in [0.05, 0.1) is 12.2 Å². The Morgan fingerprint density at radius 2 is 1.62 bits per heavy atom. The summed E-state index contributed by atoms with van der Waals surface area (Å²) in [5.41, 5.74) is -0.678. The zero-order chi connectivity index (χ0) is 17.4. The minimum atomic E-state index is -4.34. The van der Waals surface area contributed by atoms with E-state index in [4.69, 9.17) is 9.47 Å². The smallest absolute Gasteiger partial charge is 0.416 e. The summed E-state index contributed by atoms with van der Waals surface area (Å²) >= 11 is 0. The van der Waals surface area contributed by atoms with Gasteiger partial charge in [-0.2, -0.15) is 13.2 Å². The van der Waals surface area contributed by atoms with E-state index in [-0.39, 0.29) is 5.75 Å². The van der Waals surface area contributed by atoms with Crippen LogP contribution in [0.4, 0.5) is 13.2 Å². The number of rotatable bonds is 8. The molecule has 0 aromatic heterocycles. The molecule has 2 rings (SSSR count). The molecule has 1 aliphatic heterocycles. The molecule has 1 fully saturated rings. The molecular formula is C17H25F3N2O2. The third-order valence-corrected chi connectivity index (χ3v) is 4.06. The molecule has 1 aromatic rings. The van der Waals surface area contributed by atoms with Crippen LogP contribution in [0.25, 0.3) is 0 Å². The predicted molar refractivity (Wildman–Crippen MR) is 86.3 cm³/mol. The van der Waals surface area contributed by atoms with Crippen LogP contribution in [-0.4, -0.2) is 68.9 Å². The highest BCUT2D eigenvalue weighted by atomic mass is 19.4. The van der Waals surface area contributed by atoms with Crippen molar-refractivity contribution in [3.8, 4) is 5.75 Å². The van der Waals surface area contributed by atoms with E-state index in [9.17, 15) is 13.2 Å². The van der Waals surface area contributed by atoms with Crippen molar-refractivity contribution in [2.45, 2.75) is 13.1 Å². The summed E-state index contributed by atoms with van der Waals surface area (Å²) in [7, 11) is 0. The molecule has 0 saturated carbocycles. The fourth-order valence-electron chi connectivity index (χ4n) is 2.63. The number of hydrogen-bond acceptors (Lipinski definition) is 4. The number of halogens is 3. The van der Waals surface area contributed by atoms with Crippen molar-refractivity contribution >= 4 is 0 Å². The van der Waals surface area contributed by atoms with E-state index in [1.807, 2.05) is 6.92 Å². The lowest BCUT2D eigenvalue weighted by atomic mass is 10.2. The van der Waals surface area contributed by atoms with E-state index in [1.165, 1.54) is 6.07 Å². The van der Waals surface area contributed by atoms with Crippen molar-refractivity contribution in [2.75, 3.05) is 59.1 Å². The molecule has 1 aliphatic rings. The summed E-state index contributed by atoms with van der Waals surface area (Å²) in [6.45, 7) is 9.39. The topological polar surface area (TPSA) is 24.9 Å². The van der Waals surface area contributed by atoms with Crippen LogP contribution in [0.2, 0.25) is 0 Å². The van der Waals surface area contributed by atoms with E-state index in [0.717, 1.165) is 64.6 Å². The van der Waals surface area contributed by atoms with Crippen molar-refractivity contribution in [2.24, 2.45) is 0 Å². The average Bonchev–Trinajstić information content (AvgIpc) is 2.56. The SMILES string of the molecule is CCOCCN1CCN(CCOc2cccc(C(F)(F)F)c2)CC1. The first kappa shape index (κ1) is 19.0. The molecule has 1 heterocycles. The third kappa shape index (κ3) is 6.30. The Bertz CT molecular complexity index is 489. The lowest BCUT2D eigenvalue weighted by Crippen LogP contribution is -2.48. The highest BCUT2D eigenvalue weighted by molar-refractivity contribution is 5.30. The van der Waals surface area contributed by atoms with Crippen LogP contribution in [-0.2, 0) is 10.9 Å². The van der Waals surface area contributed by atoms with Crippen LogP contribution in [0.1, 0.15) is 12.5 Å². The minimum absolute atomic E-state index is 0.264. The number of piperazine rings is 1. The Morgan fingerprint density at radius 1 is 1.00 bits per heavy atom. The summed E-state index contributed by atoms with van der Waals surface area (Å²) in [6.07, 6.45) is -4.34. The zero-order valence-electron chi connectivity index (χ0n) is 14.0. The molecule has 0 radical (unpaired) electrons. The van der Waals surface area contributed by atoms with E-state index >= 15 is 0 Å². The van der Waals surface area contributed by atoms with Gasteiger partial charge in [-0.3, -0.25) is 9.80 Å². The molecule has 0 spiro atoms. The first-order chi connectivity index (χ1) is 11.5. The van der Waals surface area contributed by atoms with Crippen LogP contribution in [0, 0.1) is 0 Å². The fraction of sp³-hybridized carbons (Fsp3) is 0.647. The minimum Gasteiger partial charge on any atom is -0.492 e. The van der Waals surface area contributed by atoms with Crippen molar-refractivity contribution in [1.82, 2.24) is 9.80 Å². The van der Waals surface area contributed by atoms with Gasteiger partial charge in [-0.15, -0.1) is 0 Å². The summed E-state index contributed by atoms with van der Waals surface area (Å²) in [6, 6.07) is 5.02. The standard InChI is InChI=1S/C17H25F3N2O2/c1-2-23-12-10-21-6-8-22(9-7-21)11-13-24-16-5-3-4-15(14-16)17(18,19)20/h3-5,14H,2,6-13H2,1H3. The summed E-state index contributed by atoms with van der Waals surface area (Å²) < 4.78 is 48.8. The molecule has 0 amide bonds. The van der Waals surface area contributed by atoms with E-state index in [0.29, 0.717) is 6.61 Å². The number of nitrogens with zero attached hydrogens (tertiary/aromatic N) is 2. The molecule has 0 bridgehead atoms. The van der Waals surface area contributed by atoms with Crippen LogP contribution < -0.4 is 4.74 Å². The molecule has 7 heteroatoms. The first-order valence-electron chi connectivity index (χ1n) is 8.31. The van der Waals surface area contributed by atoms with Gasteiger partial charge >= 0.3 is 6.18 Å². The second-order valence-corrected chi connectivity index (χ2v) is 5.75. The third-order valence-electron chi connectivity index (χ3n) is 4.06. The largest absolute Gasteiger partial charge is 0.492 e. The van der Waals surface area contributed by atoms with Crippen molar-refractivity contribution < 1.29 is 22.6 Å². The quantitative estimate of drug-likeness (QED) is 0.676. The summed E-state index contributed by atoms with van der Waals surface area (Å²) in [5, 5.41) is 0. The van der Waals surface area contributed by atoms with Gasteiger partial charge in [0, 0.05) is 45.9 Å². The molecular weight excluding hydrogens is 321 g/mol. The van der Waals surface area contributed by atoms with Crippen LogP contribution in [0.3, 0.4) is 0 Å². The fourth-order valence-corrected chi connectivity index (χ4v) is 2.63. The van der Waals surface area contributed by atoms with E-state index < -0.39 is 11.7 Å². The number of benzene rings is 1. The number of alkyl halides is 3. The number of ether oxygens (including phenoxy) is 2. The predicted octanol–water partition coefficient (Wildman–Crippen LogP) is 2.74. The highest BCUT2D eigenvalue weighted by Crippen LogP contribution is 2.31. The summed E-state index contributed by atoms with van der Waals surface area (Å²) in [4.78, 5) is 4.63. The van der Waals surface area contributed by atoms with Crippen molar-refractivity contribution in [1.29, 1.82) is 0 Å². The van der Waals surface area contributed by atoms with Gasteiger partial charge in [0.15, 0.2) is 0 Å². The molecule has 136 valence electrons. The molecule has 24 heavy (non-hydrogen) atoms. The Kier molecular flexibility index (Phi) is 7.33. The molecule has 0 unspecified atom stereocenters. The Morgan fingerprint density at radius 3 is 2.21 bits per heavy atom. The molecule has 1 saturated heterocycles. The molecule has 0 atom stereocenters. The molecule has 0 N–H and O–H groups in total. The maximum Gasteiger partial charge on any atom is 0.416 e. The van der Waals surface area contributed by atoms with Gasteiger partial charge in [0.25, 0.3) is 0 Å². The van der Waals surface area contributed by atoms with Crippen molar-refractivity contribution in [3.05, 3.63) is 29.8 Å². The monoisotopic (exact) mass is 346 g/mol. The number of hydrogen-bond donors (Lipinski definition) is 0. The molecule has 4 nitrogen and oxygen atoms in total. The van der Waals surface area contributed by atoms with Crippen LogP contribution >= 0.6 is 0 Å². The molecule has 1 aromatic carbocycles. The second-order valence-electron chi connectivity index (χ2n) is 5.75. The highest BCUT2D eigenvalue weighted by Gasteiger charge is 2.30.